The van der Waals surface area contributed by atoms with E-state index in [9.17, 15) is 18.0 Å². The maximum atomic E-state index is 12.6. The number of carbonyl (C=O) groups is 1. The molecule has 2 aromatic rings. The summed E-state index contributed by atoms with van der Waals surface area (Å²) >= 11 is 1.16. The highest BCUT2D eigenvalue weighted by Crippen LogP contribution is 2.32. The summed E-state index contributed by atoms with van der Waals surface area (Å²) in [6.07, 6.45) is -3.81. The minimum atomic E-state index is -4.36. The number of benzene rings is 2. The Balaban J connectivity index is 2.06. The van der Waals surface area contributed by atoms with E-state index in [1.165, 1.54) is 6.07 Å². The minimum absolute atomic E-state index is 0.351. The molecule has 21 heavy (non-hydrogen) atoms. The topological polar surface area (TPSA) is 41.1 Å². The summed E-state index contributed by atoms with van der Waals surface area (Å²) in [4.78, 5) is 11.1. The maximum absolute atomic E-state index is 12.6. The van der Waals surface area contributed by atoms with Crippen LogP contribution in [-0.2, 0) is 11.0 Å². The quantitative estimate of drug-likeness (QED) is 0.635. The second kappa shape index (κ2) is 6.53. The Kier molecular flexibility index (Phi) is 4.74. The smallest absolute Gasteiger partial charge is 0.329 e. The van der Waals surface area contributed by atoms with Crippen molar-refractivity contribution in [2.24, 2.45) is 0 Å². The summed E-state index contributed by atoms with van der Waals surface area (Å²) < 4.78 is 40.6. The molecule has 2 rings (SSSR count). The highest BCUT2D eigenvalue weighted by Gasteiger charge is 2.30. The molecule has 0 atom stereocenters. The molecule has 0 radical (unpaired) electrons. The molecule has 0 aliphatic carbocycles. The van der Waals surface area contributed by atoms with Gasteiger partial charge in [0.15, 0.2) is 0 Å². The molecule has 0 saturated heterocycles. The number of anilines is 2. The molecule has 0 saturated carbocycles. The molecule has 0 aliphatic heterocycles. The molecule has 0 unspecified atom stereocenters. The van der Waals surface area contributed by atoms with Crippen LogP contribution in [0.1, 0.15) is 5.56 Å². The van der Waals surface area contributed by atoms with Crippen molar-refractivity contribution in [2.75, 3.05) is 10.0 Å². The van der Waals surface area contributed by atoms with Crippen molar-refractivity contribution in [2.45, 2.75) is 11.1 Å². The predicted molar refractivity (Wildman–Crippen MR) is 77.1 cm³/mol. The molecule has 0 spiro atoms. The first-order chi connectivity index (χ1) is 9.99. The van der Waals surface area contributed by atoms with Crippen molar-refractivity contribution in [3.8, 4) is 0 Å². The van der Waals surface area contributed by atoms with E-state index >= 15 is 0 Å². The molecule has 2 aromatic carbocycles. The lowest BCUT2D eigenvalue weighted by atomic mass is 10.2. The molecule has 0 fully saturated rings. The van der Waals surface area contributed by atoms with Crippen molar-refractivity contribution < 1.29 is 18.0 Å². The Bertz CT molecular complexity index is 632. The number of halogens is 3. The number of nitrogens with one attached hydrogen (secondary N) is 2. The molecule has 1 amide bonds. The number of carbonyl (C=O) groups excluding carboxylic acids is 1. The summed E-state index contributed by atoms with van der Waals surface area (Å²) in [5.41, 5.74) is 0.258. The van der Waals surface area contributed by atoms with E-state index in [1.807, 2.05) is 0 Å². The summed E-state index contributed by atoms with van der Waals surface area (Å²) in [5.74, 6) is 0. The lowest BCUT2D eigenvalue weighted by Gasteiger charge is -2.10. The second-order valence-electron chi connectivity index (χ2n) is 4.07. The van der Waals surface area contributed by atoms with Gasteiger partial charge in [0.1, 0.15) is 0 Å². The molecular weight excluding hydrogens is 301 g/mol. The average Bonchev–Trinajstić information content (AvgIpc) is 2.45. The highest BCUT2D eigenvalue weighted by molar-refractivity contribution is 8.00. The van der Waals surface area contributed by atoms with Crippen LogP contribution in [0, 0.1) is 0 Å². The minimum Gasteiger partial charge on any atom is -0.329 e. The number of alkyl halides is 3. The van der Waals surface area contributed by atoms with Gasteiger partial charge in [0.05, 0.1) is 5.56 Å². The maximum Gasteiger partial charge on any atom is 0.416 e. The van der Waals surface area contributed by atoms with Gasteiger partial charge in [0.2, 0.25) is 6.41 Å². The van der Waals surface area contributed by atoms with Gasteiger partial charge in [-0.25, -0.2) is 0 Å². The third-order valence-electron chi connectivity index (χ3n) is 2.54. The van der Waals surface area contributed by atoms with E-state index in [4.69, 9.17) is 0 Å². The SMILES string of the molecule is O=CNc1cccc(SNc2cccc(C(F)(F)F)c2)c1. The Morgan fingerprint density at radius 2 is 1.71 bits per heavy atom. The molecule has 7 heteroatoms. The van der Waals surface area contributed by atoms with Crippen molar-refractivity contribution in [3.63, 3.8) is 0 Å². The molecule has 2 N–H and O–H groups in total. The molecular formula is C14H11F3N2OS. The van der Waals surface area contributed by atoms with E-state index in [0.717, 1.165) is 29.0 Å². The van der Waals surface area contributed by atoms with Crippen molar-refractivity contribution in [1.82, 2.24) is 0 Å². The summed E-state index contributed by atoms with van der Waals surface area (Å²) in [7, 11) is 0. The first-order valence-electron chi connectivity index (χ1n) is 5.89. The average molecular weight is 312 g/mol. The lowest BCUT2D eigenvalue weighted by molar-refractivity contribution is -0.137. The fourth-order valence-corrected chi connectivity index (χ4v) is 2.29. The zero-order valence-electron chi connectivity index (χ0n) is 10.6. The van der Waals surface area contributed by atoms with E-state index in [0.29, 0.717) is 17.8 Å². The van der Waals surface area contributed by atoms with Crippen LogP contribution < -0.4 is 10.0 Å². The number of hydrogen-bond acceptors (Lipinski definition) is 3. The van der Waals surface area contributed by atoms with Crippen LogP contribution in [0.15, 0.2) is 53.4 Å². The molecule has 0 bridgehead atoms. The van der Waals surface area contributed by atoms with Gasteiger partial charge in [-0.1, -0.05) is 12.1 Å². The molecule has 0 heterocycles. The van der Waals surface area contributed by atoms with E-state index in [2.05, 4.69) is 10.0 Å². The van der Waals surface area contributed by atoms with Gasteiger partial charge >= 0.3 is 6.18 Å². The van der Waals surface area contributed by atoms with Crippen LogP contribution >= 0.6 is 11.9 Å². The highest BCUT2D eigenvalue weighted by atomic mass is 32.2. The largest absolute Gasteiger partial charge is 0.416 e. The molecule has 3 nitrogen and oxygen atoms in total. The van der Waals surface area contributed by atoms with Crippen molar-refractivity contribution >= 4 is 29.7 Å². The monoisotopic (exact) mass is 312 g/mol. The number of hydrogen-bond donors (Lipinski definition) is 2. The van der Waals surface area contributed by atoms with Crippen LogP contribution in [0.25, 0.3) is 0 Å². The third-order valence-corrected chi connectivity index (χ3v) is 3.36. The predicted octanol–water partition coefficient (Wildman–Crippen LogP) is 4.39. The fourth-order valence-electron chi connectivity index (χ4n) is 1.59. The zero-order chi connectivity index (χ0) is 15.3. The fraction of sp³-hybridized carbons (Fsp3) is 0.0714. The van der Waals surface area contributed by atoms with Crippen LogP contribution in [-0.4, -0.2) is 6.41 Å². The van der Waals surface area contributed by atoms with Gasteiger partial charge in [-0.05, 0) is 48.3 Å². The van der Waals surface area contributed by atoms with Gasteiger partial charge in [-0.3, -0.25) is 4.79 Å². The molecule has 0 aliphatic rings. The van der Waals surface area contributed by atoms with Crippen LogP contribution in [0.4, 0.5) is 24.5 Å². The van der Waals surface area contributed by atoms with E-state index in [1.54, 1.807) is 30.3 Å². The normalized spacial score (nSPS) is 11.0. The standard InChI is InChI=1S/C14H11F3N2OS/c15-14(16,17)10-3-1-5-12(7-10)19-21-13-6-2-4-11(8-13)18-9-20/h1-9,19H,(H,18,20). The van der Waals surface area contributed by atoms with Crippen molar-refractivity contribution in [1.29, 1.82) is 0 Å². The Morgan fingerprint density at radius 1 is 1.00 bits per heavy atom. The van der Waals surface area contributed by atoms with Crippen molar-refractivity contribution in [3.05, 3.63) is 54.1 Å². The molecule has 0 aromatic heterocycles. The van der Waals surface area contributed by atoms with E-state index < -0.39 is 11.7 Å². The van der Waals surface area contributed by atoms with Gasteiger partial charge in [0.25, 0.3) is 0 Å². The van der Waals surface area contributed by atoms with Crippen LogP contribution in [0.5, 0.6) is 0 Å². The van der Waals surface area contributed by atoms with Gasteiger partial charge in [0, 0.05) is 16.3 Å². The van der Waals surface area contributed by atoms with Gasteiger partial charge in [-0.15, -0.1) is 0 Å². The first-order valence-corrected chi connectivity index (χ1v) is 6.71. The van der Waals surface area contributed by atoms with Gasteiger partial charge < -0.3 is 10.0 Å². The lowest BCUT2D eigenvalue weighted by Crippen LogP contribution is -2.04. The first kappa shape index (κ1) is 15.2. The second-order valence-corrected chi connectivity index (χ2v) is 4.95. The Labute approximate surface area is 123 Å². The zero-order valence-corrected chi connectivity index (χ0v) is 11.5. The summed E-state index contributed by atoms with van der Waals surface area (Å²) in [6, 6.07) is 11.9. The summed E-state index contributed by atoms with van der Waals surface area (Å²) in [5, 5.41) is 2.50. The van der Waals surface area contributed by atoms with Gasteiger partial charge in [-0.2, -0.15) is 13.2 Å². The third kappa shape index (κ3) is 4.42. The Hall–Kier alpha value is -2.15. The van der Waals surface area contributed by atoms with Crippen LogP contribution in [0.3, 0.4) is 0 Å². The van der Waals surface area contributed by atoms with E-state index in [-0.39, 0.29) is 0 Å². The summed E-state index contributed by atoms with van der Waals surface area (Å²) in [6.45, 7) is 0. The Morgan fingerprint density at radius 3 is 2.43 bits per heavy atom. The molecule has 110 valence electrons. The van der Waals surface area contributed by atoms with Crippen LogP contribution in [0.2, 0.25) is 0 Å². The number of rotatable bonds is 5. The number of amides is 1.